The Morgan fingerprint density at radius 1 is 1.20 bits per heavy atom. The quantitative estimate of drug-likeness (QED) is 0.916. The molecule has 108 valence electrons. The van der Waals surface area contributed by atoms with Crippen molar-refractivity contribution in [2.45, 2.75) is 50.0 Å². The van der Waals surface area contributed by atoms with Crippen LogP contribution in [0.4, 0.5) is 0 Å². The maximum absolute atomic E-state index is 12.8. The topological polar surface area (TPSA) is 38.3 Å². The third-order valence-corrected chi connectivity index (χ3v) is 4.73. The molecule has 0 spiro atoms. The van der Waals surface area contributed by atoms with Crippen LogP contribution in [0.15, 0.2) is 30.3 Å². The van der Waals surface area contributed by atoms with Gasteiger partial charge in [-0.05, 0) is 31.2 Å². The highest BCUT2D eigenvalue weighted by Gasteiger charge is 2.42. The molecule has 1 aliphatic carbocycles. The van der Waals surface area contributed by atoms with Gasteiger partial charge in [0.1, 0.15) is 0 Å². The van der Waals surface area contributed by atoms with Crippen molar-refractivity contribution in [1.29, 1.82) is 0 Å². The van der Waals surface area contributed by atoms with E-state index in [1.807, 2.05) is 18.2 Å². The van der Waals surface area contributed by atoms with Crippen LogP contribution in [0.25, 0.3) is 0 Å². The predicted molar refractivity (Wildman–Crippen MR) is 78.6 cm³/mol. The molecule has 0 aromatic heterocycles. The first kappa shape index (κ1) is 13.6. The Kier molecular flexibility index (Phi) is 4.06. The molecule has 1 saturated carbocycles. The van der Waals surface area contributed by atoms with Gasteiger partial charge < -0.3 is 10.1 Å². The number of carbonyl (C=O) groups excluding carboxylic acids is 1. The van der Waals surface area contributed by atoms with Crippen LogP contribution in [-0.2, 0) is 14.9 Å². The van der Waals surface area contributed by atoms with Crippen molar-refractivity contribution in [3.05, 3.63) is 35.9 Å². The molecule has 1 heterocycles. The number of amides is 1. The zero-order chi connectivity index (χ0) is 13.8. The van der Waals surface area contributed by atoms with Crippen LogP contribution in [0, 0.1) is 0 Å². The van der Waals surface area contributed by atoms with Crippen molar-refractivity contribution in [3.8, 4) is 0 Å². The molecule has 1 unspecified atom stereocenters. The maximum atomic E-state index is 12.8. The first-order valence-corrected chi connectivity index (χ1v) is 7.77. The second kappa shape index (κ2) is 5.96. The summed E-state index contributed by atoms with van der Waals surface area (Å²) in [6.07, 6.45) is 6.61. The molecule has 20 heavy (non-hydrogen) atoms. The molecule has 1 saturated heterocycles. The number of hydrogen-bond acceptors (Lipinski definition) is 2. The van der Waals surface area contributed by atoms with E-state index >= 15 is 0 Å². The standard InChI is InChI=1S/C17H23NO2/c19-16(18-13-15-9-6-12-20-15)17(10-4-5-11-17)14-7-2-1-3-8-14/h1-3,7-8,15H,4-6,9-13H2,(H,18,19). The number of rotatable bonds is 4. The van der Waals surface area contributed by atoms with Gasteiger partial charge in [-0.3, -0.25) is 4.79 Å². The normalized spacial score (nSPS) is 24.7. The van der Waals surface area contributed by atoms with E-state index < -0.39 is 0 Å². The van der Waals surface area contributed by atoms with E-state index in [0.29, 0.717) is 6.54 Å². The molecular weight excluding hydrogens is 250 g/mol. The van der Waals surface area contributed by atoms with Crippen LogP contribution in [0.2, 0.25) is 0 Å². The number of carbonyl (C=O) groups is 1. The van der Waals surface area contributed by atoms with Gasteiger partial charge in [0.05, 0.1) is 11.5 Å². The van der Waals surface area contributed by atoms with E-state index in [9.17, 15) is 4.79 Å². The van der Waals surface area contributed by atoms with Gasteiger partial charge in [-0.2, -0.15) is 0 Å². The molecule has 1 aromatic carbocycles. The van der Waals surface area contributed by atoms with Gasteiger partial charge in [0.15, 0.2) is 0 Å². The van der Waals surface area contributed by atoms with Gasteiger partial charge in [0.25, 0.3) is 0 Å². The maximum Gasteiger partial charge on any atom is 0.230 e. The van der Waals surface area contributed by atoms with Crippen molar-refractivity contribution < 1.29 is 9.53 Å². The fourth-order valence-electron chi connectivity index (χ4n) is 3.56. The summed E-state index contributed by atoms with van der Waals surface area (Å²) in [5.74, 6) is 0.191. The summed E-state index contributed by atoms with van der Waals surface area (Å²) in [6, 6.07) is 10.3. The lowest BCUT2D eigenvalue weighted by molar-refractivity contribution is -0.127. The monoisotopic (exact) mass is 273 g/mol. The van der Waals surface area contributed by atoms with E-state index in [1.165, 1.54) is 5.56 Å². The SMILES string of the molecule is O=C(NCC1CCCO1)C1(c2ccccc2)CCCC1. The molecule has 1 atom stereocenters. The molecule has 3 rings (SSSR count). The smallest absolute Gasteiger partial charge is 0.230 e. The summed E-state index contributed by atoms with van der Waals surface area (Å²) in [5.41, 5.74) is 0.863. The van der Waals surface area contributed by atoms with Gasteiger partial charge in [-0.1, -0.05) is 43.2 Å². The first-order chi connectivity index (χ1) is 9.81. The second-order valence-electron chi connectivity index (χ2n) is 6.00. The van der Waals surface area contributed by atoms with Crippen molar-refractivity contribution in [3.63, 3.8) is 0 Å². The summed E-state index contributed by atoms with van der Waals surface area (Å²) in [4.78, 5) is 12.8. The molecule has 2 aliphatic rings. The minimum atomic E-state index is -0.306. The van der Waals surface area contributed by atoms with E-state index in [0.717, 1.165) is 45.1 Å². The van der Waals surface area contributed by atoms with Crippen molar-refractivity contribution in [2.24, 2.45) is 0 Å². The highest BCUT2D eigenvalue weighted by atomic mass is 16.5. The van der Waals surface area contributed by atoms with E-state index in [2.05, 4.69) is 17.4 Å². The summed E-state index contributed by atoms with van der Waals surface area (Å²) in [7, 11) is 0. The second-order valence-corrected chi connectivity index (χ2v) is 6.00. The first-order valence-electron chi connectivity index (χ1n) is 7.77. The van der Waals surface area contributed by atoms with Gasteiger partial charge in [0.2, 0.25) is 5.91 Å². The number of hydrogen-bond donors (Lipinski definition) is 1. The van der Waals surface area contributed by atoms with Gasteiger partial charge in [-0.25, -0.2) is 0 Å². The Morgan fingerprint density at radius 2 is 1.95 bits per heavy atom. The minimum Gasteiger partial charge on any atom is -0.376 e. The summed E-state index contributed by atoms with van der Waals surface area (Å²) >= 11 is 0. The van der Waals surface area contributed by atoms with Gasteiger partial charge in [-0.15, -0.1) is 0 Å². The molecule has 2 fully saturated rings. The lowest BCUT2D eigenvalue weighted by atomic mass is 9.78. The van der Waals surface area contributed by atoms with E-state index in [-0.39, 0.29) is 17.4 Å². The fourth-order valence-corrected chi connectivity index (χ4v) is 3.56. The Labute approximate surface area is 120 Å². The minimum absolute atomic E-state index is 0.191. The third-order valence-electron chi connectivity index (χ3n) is 4.73. The van der Waals surface area contributed by atoms with Crippen molar-refractivity contribution in [1.82, 2.24) is 5.32 Å². The zero-order valence-corrected chi connectivity index (χ0v) is 11.9. The molecule has 1 aromatic rings. The van der Waals surface area contributed by atoms with Crippen LogP contribution in [0.3, 0.4) is 0 Å². The fraction of sp³-hybridized carbons (Fsp3) is 0.588. The van der Waals surface area contributed by atoms with Crippen LogP contribution in [0.1, 0.15) is 44.1 Å². The lowest BCUT2D eigenvalue weighted by Gasteiger charge is -2.29. The summed E-state index contributed by atoms with van der Waals surface area (Å²) in [5, 5.41) is 3.14. The van der Waals surface area contributed by atoms with Crippen molar-refractivity contribution in [2.75, 3.05) is 13.2 Å². The Morgan fingerprint density at radius 3 is 2.60 bits per heavy atom. The van der Waals surface area contributed by atoms with Crippen LogP contribution < -0.4 is 5.32 Å². The van der Waals surface area contributed by atoms with Crippen LogP contribution >= 0.6 is 0 Å². The molecule has 3 nitrogen and oxygen atoms in total. The van der Waals surface area contributed by atoms with Gasteiger partial charge in [0, 0.05) is 13.2 Å². The molecule has 1 N–H and O–H groups in total. The van der Waals surface area contributed by atoms with E-state index in [4.69, 9.17) is 4.74 Å². The zero-order valence-electron chi connectivity index (χ0n) is 11.9. The van der Waals surface area contributed by atoms with Crippen LogP contribution in [-0.4, -0.2) is 25.2 Å². The molecular formula is C17H23NO2. The highest BCUT2D eigenvalue weighted by Crippen LogP contribution is 2.41. The largest absolute Gasteiger partial charge is 0.376 e. The van der Waals surface area contributed by atoms with Crippen molar-refractivity contribution >= 4 is 5.91 Å². The summed E-state index contributed by atoms with van der Waals surface area (Å²) < 4.78 is 5.59. The Hall–Kier alpha value is -1.35. The number of benzene rings is 1. The molecule has 1 aliphatic heterocycles. The predicted octanol–water partition coefficient (Wildman–Crippen LogP) is 2.79. The Balaban J connectivity index is 1.71. The molecule has 0 bridgehead atoms. The molecule has 1 amide bonds. The molecule has 0 radical (unpaired) electrons. The average molecular weight is 273 g/mol. The lowest BCUT2D eigenvalue weighted by Crippen LogP contribution is -2.45. The highest BCUT2D eigenvalue weighted by molar-refractivity contribution is 5.88. The Bertz CT molecular complexity index is 445. The van der Waals surface area contributed by atoms with E-state index in [1.54, 1.807) is 0 Å². The number of nitrogens with one attached hydrogen (secondary N) is 1. The summed E-state index contributed by atoms with van der Waals surface area (Å²) in [6.45, 7) is 1.50. The average Bonchev–Trinajstić information content (AvgIpc) is 3.18. The van der Waals surface area contributed by atoms with Gasteiger partial charge >= 0.3 is 0 Å². The van der Waals surface area contributed by atoms with Crippen LogP contribution in [0.5, 0.6) is 0 Å². The third kappa shape index (κ3) is 2.59. The molecule has 3 heteroatoms. The number of ether oxygens (including phenoxy) is 1.